The van der Waals surface area contributed by atoms with E-state index in [0.29, 0.717) is 39.7 Å². The number of nitrogens with one attached hydrogen (secondary N) is 1. The first kappa shape index (κ1) is 22.9. The number of hydrogen-bond acceptors (Lipinski definition) is 6. The van der Waals surface area contributed by atoms with Crippen LogP contribution in [-0.4, -0.2) is 28.8 Å². The van der Waals surface area contributed by atoms with Gasteiger partial charge in [-0.3, -0.25) is 14.2 Å². The van der Waals surface area contributed by atoms with Gasteiger partial charge in [-0.1, -0.05) is 0 Å². The van der Waals surface area contributed by atoms with Crippen LogP contribution in [0.2, 0.25) is 0 Å². The van der Waals surface area contributed by atoms with Gasteiger partial charge >= 0.3 is 5.69 Å². The summed E-state index contributed by atoms with van der Waals surface area (Å²) in [7, 11) is 1.57. The van der Waals surface area contributed by atoms with Gasteiger partial charge in [-0.2, -0.15) is 0 Å². The number of carbonyl (C=O) groups excluding carboxylic acids is 1. The third-order valence-electron chi connectivity index (χ3n) is 6.07. The molecule has 2 aromatic heterocycles. The van der Waals surface area contributed by atoms with Crippen molar-refractivity contribution in [2.45, 2.75) is 32.7 Å². The van der Waals surface area contributed by atoms with Gasteiger partial charge in [-0.25, -0.2) is 9.36 Å². The number of anilines is 1. The third kappa shape index (κ3) is 4.23. The van der Waals surface area contributed by atoms with E-state index in [1.165, 1.54) is 15.9 Å². The van der Waals surface area contributed by atoms with Crippen LogP contribution < -0.4 is 26.0 Å². The second-order valence-corrected chi connectivity index (χ2v) is 9.33. The number of carbonyl (C=O) groups is 1. The second kappa shape index (κ2) is 9.42. The molecule has 0 unspecified atom stereocenters. The summed E-state index contributed by atoms with van der Waals surface area (Å²) in [6.07, 6.45) is 2.66. The number of methoxy groups -OCH3 is 1. The smallest absolute Gasteiger partial charge is 0.337 e. The van der Waals surface area contributed by atoms with Crippen LogP contribution in [0.3, 0.4) is 0 Å². The molecule has 4 aromatic rings. The predicted octanol–water partition coefficient (Wildman–Crippen LogP) is 3.75. The van der Waals surface area contributed by atoms with Gasteiger partial charge in [0.1, 0.15) is 22.9 Å². The molecular weight excluding hydrogens is 466 g/mol. The number of amides is 1. The Morgan fingerprint density at radius 2 is 1.74 bits per heavy atom. The number of thiophene rings is 1. The van der Waals surface area contributed by atoms with E-state index in [-0.39, 0.29) is 18.0 Å². The maximum Gasteiger partial charge on any atom is 0.337 e. The van der Waals surface area contributed by atoms with Gasteiger partial charge in [-0.05, 0) is 80.3 Å². The number of hydrogen-bond donors (Lipinski definition) is 1. The Hall–Kier alpha value is -3.85. The standard InChI is InChI=1S/C26H25N3O5S/c1-3-34-19-13-9-17(10-14-19)29-24(31)23-20-5-4-6-21(20)35-25(23)28(26(29)32)15-22(30)27-16-7-11-18(33-2)12-8-16/h7-14H,3-6,15H2,1-2H3,(H,27,30). The zero-order chi connectivity index (χ0) is 24.5. The summed E-state index contributed by atoms with van der Waals surface area (Å²) < 4.78 is 13.2. The summed E-state index contributed by atoms with van der Waals surface area (Å²) in [5, 5.41) is 3.36. The first-order valence-electron chi connectivity index (χ1n) is 11.5. The van der Waals surface area contributed by atoms with E-state index >= 15 is 0 Å². The number of aromatic nitrogens is 2. The zero-order valence-electron chi connectivity index (χ0n) is 19.5. The lowest BCUT2D eigenvalue weighted by Gasteiger charge is -2.13. The van der Waals surface area contributed by atoms with Crippen LogP contribution in [-0.2, 0) is 24.2 Å². The SMILES string of the molecule is CCOc1ccc(-n2c(=O)c3c4c(sc3n(CC(=O)Nc3ccc(OC)cc3)c2=O)CCC4)cc1. The summed E-state index contributed by atoms with van der Waals surface area (Å²) in [5.74, 6) is 0.974. The van der Waals surface area contributed by atoms with E-state index in [0.717, 1.165) is 34.3 Å². The molecule has 0 radical (unpaired) electrons. The molecule has 0 aliphatic heterocycles. The lowest BCUT2D eigenvalue weighted by Crippen LogP contribution is -2.40. The predicted molar refractivity (Wildman–Crippen MR) is 136 cm³/mol. The minimum absolute atomic E-state index is 0.210. The molecule has 0 bridgehead atoms. The molecule has 1 aliphatic carbocycles. The molecule has 0 spiro atoms. The highest BCUT2D eigenvalue weighted by Crippen LogP contribution is 2.35. The van der Waals surface area contributed by atoms with Crippen molar-refractivity contribution in [3.8, 4) is 17.2 Å². The van der Waals surface area contributed by atoms with E-state index in [1.807, 2.05) is 6.92 Å². The number of rotatable bonds is 7. The molecule has 9 heteroatoms. The van der Waals surface area contributed by atoms with Crippen LogP contribution in [0, 0.1) is 0 Å². The van der Waals surface area contributed by atoms with Crippen molar-refractivity contribution < 1.29 is 14.3 Å². The van der Waals surface area contributed by atoms with E-state index in [1.54, 1.807) is 55.6 Å². The number of aryl methyl sites for hydroxylation is 2. The van der Waals surface area contributed by atoms with E-state index < -0.39 is 5.69 Å². The van der Waals surface area contributed by atoms with Crippen LogP contribution >= 0.6 is 11.3 Å². The molecule has 180 valence electrons. The van der Waals surface area contributed by atoms with Gasteiger partial charge in [0.2, 0.25) is 5.91 Å². The topological polar surface area (TPSA) is 91.6 Å². The normalized spacial score (nSPS) is 12.5. The third-order valence-corrected chi connectivity index (χ3v) is 7.38. The van der Waals surface area contributed by atoms with E-state index in [2.05, 4.69) is 5.32 Å². The van der Waals surface area contributed by atoms with Crippen LogP contribution in [0.4, 0.5) is 5.69 Å². The number of ether oxygens (including phenoxy) is 2. The van der Waals surface area contributed by atoms with Crippen molar-refractivity contribution in [3.63, 3.8) is 0 Å². The van der Waals surface area contributed by atoms with Crippen LogP contribution in [0.1, 0.15) is 23.8 Å². The highest BCUT2D eigenvalue weighted by atomic mass is 32.1. The molecule has 0 atom stereocenters. The lowest BCUT2D eigenvalue weighted by atomic mass is 10.2. The lowest BCUT2D eigenvalue weighted by molar-refractivity contribution is -0.116. The Kier molecular flexibility index (Phi) is 6.17. The molecule has 8 nitrogen and oxygen atoms in total. The number of benzene rings is 2. The molecular formula is C26H25N3O5S. The van der Waals surface area contributed by atoms with Gasteiger partial charge in [-0.15, -0.1) is 11.3 Å². The fourth-order valence-corrected chi connectivity index (χ4v) is 5.82. The molecule has 1 amide bonds. The fourth-order valence-electron chi connectivity index (χ4n) is 4.45. The molecule has 0 saturated heterocycles. The van der Waals surface area contributed by atoms with Crippen molar-refractivity contribution >= 4 is 33.1 Å². The highest BCUT2D eigenvalue weighted by Gasteiger charge is 2.26. The van der Waals surface area contributed by atoms with Gasteiger partial charge in [0.05, 0.1) is 24.8 Å². The quantitative estimate of drug-likeness (QED) is 0.425. The van der Waals surface area contributed by atoms with E-state index in [9.17, 15) is 14.4 Å². The fraction of sp³-hybridized carbons (Fsp3) is 0.269. The molecule has 2 aromatic carbocycles. The van der Waals surface area contributed by atoms with Gasteiger partial charge in [0.25, 0.3) is 5.56 Å². The maximum atomic E-state index is 13.6. The van der Waals surface area contributed by atoms with Crippen molar-refractivity contribution in [2.24, 2.45) is 0 Å². The molecule has 2 heterocycles. The Balaban J connectivity index is 1.59. The summed E-state index contributed by atoms with van der Waals surface area (Å²) >= 11 is 1.44. The minimum Gasteiger partial charge on any atom is -0.497 e. The Morgan fingerprint density at radius 3 is 2.43 bits per heavy atom. The zero-order valence-corrected chi connectivity index (χ0v) is 20.3. The summed E-state index contributed by atoms with van der Waals surface area (Å²) in [6, 6.07) is 13.8. The molecule has 0 saturated carbocycles. The molecule has 5 rings (SSSR count). The Labute approximate surface area is 205 Å². The minimum atomic E-state index is -0.545. The first-order valence-corrected chi connectivity index (χ1v) is 12.3. The summed E-state index contributed by atoms with van der Waals surface area (Å²) in [6.45, 7) is 2.19. The van der Waals surface area contributed by atoms with Crippen molar-refractivity contribution in [3.05, 3.63) is 79.8 Å². The monoisotopic (exact) mass is 491 g/mol. The van der Waals surface area contributed by atoms with E-state index in [4.69, 9.17) is 9.47 Å². The van der Waals surface area contributed by atoms with Crippen molar-refractivity contribution in [1.29, 1.82) is 0 Å². The Bertz CT molecular complexity index is 1510. The van der Waals surface area contributed by atoms with Gasteiger partial charge in [0.15, 0.2) is 0 Å². The maximum absolute atomic E-state index is 13.6. The van der Waals surface area contributed by atoms with Gasteiger partial charge in [0, 0.05) is 10.6 Å². The van der Waals surface area contributed by atoms with Crippen molar-refractivity contribution in [2.75, 3.05) is 19.0 Å². The Morgan fingerprint density at radius 1 is 1.03 bits per heavy atom. The van der Waals surface area contributed by atoms with Crippen LogP contribution in [0.15, 0.2) is 58.1 Å². The van der Waals surface area contributed by atoms with Gasteiger partial charge < -0.3 is 14.8 Å². The number of fused-ring (bicyclic) bond motifs is 3. The molecule has 35 heavy (non-hydrogen) atoms. The highest BCUT2D eigenvalue weighted by molar-refractivity contribution is 7.19. The molecule has 1 N–H and O–H groups in total. The largest absolute Gasteiger partial charge is 0.497 e. The van der Waals surface area contributed by atoms with Crippen LogP contribution in [0.5, 0.6) is 11.5 Å². The molecule has 0 fully saturated rings. The summed E-state index contributed by atoms with van der Waals surface area (Å²) in [4.78, 5) is 41.8. The second-order valence-electron chi connectivity index (χ2n) is 8.25. The van der Waals surface area contributed by atoms with Crippen molar-refractivity contribution in [1.82, 2.24) is 9.13 Å². The molecule has 1 aliphatic rings. The summed E-state index contributed by atoms with van der Waals surface area (Å²) in [5.41, 5.74) is 1.14. The van der Waals surface area contributed by atoms with Crippen LogP contribution in [0.25, 0.3) is 15.9 Å². The average molecular weight is 492 g/mol. The number of nitrogens with zero attached hydrogens (tertiary/aromatic N) is 2. The average Bonchev–Trinajstić information content (AvgIpc) is 3.45. The first-order chi connectivity index (χ1) is 17.0.